The molecule has 21 heavy (non-hydrogen) atoms. The molecule has 112 valence electrons. The zero-order valence-corrected chi connectivity index (χ0v) is 12.5. The van der Waals surface area contributed by atoms with E-state index >= 15 is 0 Å². The minimum absolute atomic E-state index is 0.298. The van der Waals surface area contributed by atoms with Gasteiger partial charge in [-0.2, -0.15) is 0 Å². The molecule has 0 bridgehead atoms. The van der Waals surface area contributed by atoms with Crippen LogP contribution in [0.15, 0.2) is 36.7 Å². The number of esters is 1. The number of hydrogen-bond donors (Lipinski definition) is 1. The van der Waals surface area contributed by atoms with Crippen LogP contribution in [0.3, 0.4) is 0 Å². The van der Waals surface area contributed by atoms with E-state index in [2.05, 4.69) is 21.8 Å². The second-order valence-corrected chi connectivity index (χ2v) is 4.69. The molecule has 1 heterocycles. The molecule has 0 atom stereocenters. The first-order valence-corrected chi connectivity index (χ1v) is 7.25. The van der Waals surface area contributed by atoms with Crippen molar-refractivity contribution in [3.8, 4) is 0 Å². The van der Waals surface area contributed by atoms with Gasteiger partial charge in [-0.05, 0) is 31.5 Å². The lowest BCUT2D eigenvalue weighted by Crippen LogP contribution is -2.09. The number of anilines is 1. The smallest absolute Gasteiger partial charge is 0.338 e. The number of hydrogen-bond acceptors (Lipinski definition) is 4. The molecular formula is C16H21N3O2. The summed E-state index contributed by atoms with van der Waals surface area (Å²) in [6, 6.07) is 7.31. The first-order chi connectivity index (χ1) is 10.2. The van der Waals surface area contributed by atoms with Crippen LogP contribution in [-0.4, -0.2) is 22.1 Å². The summed E-state index contributed by atoms with van der Waals surface area (Å²) in [4.78, 5) is 16.0. The number of aromatic nitrogens is 2. The van der Waals surface area contributed by atoms with Crippen LogP contribution in [-0.2, 0) is 17.8 Å². The summed E-state index contributed by atoms with van der Waals surface area (Å²) in [5, 5.41) is 3.29. The zero-order valence-electron chi connectivity index (χ0n) is 12.5. The van der Waals surface area contributed by atoms with Crippen molar-refractivity contribution in [1.82, 2.24) is 9.55 Å². The van der Waals surface area contributed by atoms with Crippen LogP contribution in [0.4, 0.5) is 5.69 Å². The predicted octanol–water partition coefficient (Wildman–Crippen LogP) is 3.08. The van der Waals surface area contributed by atoms with Gasteiger partial charge in [0.1, 0.15) is 5.82 Å². The Morgan fingerprint density at radius 1 is 1.38 bits per heavy atom. The van der Waals surface area contributed by atoms with E-state index in [4.69, 9.17) is 4.74 Å². The summed E-state index contributed by atoms with van der Waals surface area (Å²) in [5.74, 6) is 0.687. The molecule has 1 aromatic heterocycles. The average Bonchev–Trinajstić information content (AvgIpc) is 2.93. The molecular weight excluding hydrogens is 266 g/mol. The number of nitrogens with one attached hydrogen (secondary N) is 1. The number of ether oxygens (including phenoxy) is 1. The van der Waals surface area contributed by atoms with Crippen LogP contribution >= 0.6 is 0 Å². The molecule has 0 saturated heterocycles. The first kappa shape index (κ1) is 15.1. The van der Waals surface area contributed by atoms with Gasteiger partial charge in [-0.3, -0.25) is 0 Å². The molecule has 0 spiro atoms. The maximum Gasteiger partial charge on any atom is 0.338 e. The summed E-state index contributed by atoms with van der Waals surface area (Å²) in [5.41, 5.74) is 1.44. The Hall–Kier alpha value is -2.30. The summed E-state index contributed by atoms with van der Waals surface area (Å²) in [6.45, 7) is 5.90. The highest BCUT2D eigenvalue weighted by Gasteiger charge is 2.07. The molecule has 5 heteroatoms. The summed E-state index contributed by atoms with van der Waals surface area (Å²) in [7, 11) is 0. The van der Waals surface area contributed by atoms with E-state index in [0.29, 0.717) is 18.7 Å². The van der Waals surface area contributed by atoms with E-state index in [-0.39, 0.29) is 5.97 Å². The number of rotatable bonds is 7. The molecule has 2 rings (SSSR count). The number of imidazole rings is 1. The van der Waals surface area contributed by atoms with Crippen molar-refractivity contribution < 1.29 is 9.53 Å². The fourth-order valence-corrected chi connectivity index (χ4v) is 2.10. The lowest BCUT2D eigenvalue weighted by molar-refractivity contribution is 0.0526. The highest BCUT2D eigenvalue weighted by Crippen LogP contribution is 2.13. The van der Waals surface area contributed by atoms with E-state index in [0.717, 1.165) is 24.5 Å². The lowest BCUT2D eigenvalue weighted by Gasteiger charge is -2.10. The molecule has 2 aromatic rings. The molecule has 0 unspecified atom stereocenters. The van der Waals surface area contributed by atoms with E-state index in [9.17, 15) is 4.79 Å². The molecule has 0 amide bonds. The van der Waals surface area contributed by atoms with Gasteiger partial charge in [0.25, 0.3) is 0 Å². The van der Waals surface area contributed by atoms with E-state index in [1.165, 1.54) is 0 Å². The largest absolute Gasteiger partial charge is 0.462 e. The Morgan fingerprint density at radius 2 is 2.24 bits per heavy atom. The fraction of sp³-hybridized carbons (Fsp3) is 0.375. The summed E-state index contributed by atoms with van der Waals surface area (Å²) < 4.78 is 7.13. The van der Waals surface area contributed by atoms with Gasteiger partial charge in [0, 0.05) is 24.6 Å². The van der Waals surface area contributed by atoms with Crippen molar-refractivity contribution >= 4 is 11.7 Å². The highest BCUT2D eigenvalue weighted by atomic mass is 16.5. The van der Waals surface area contributed by atoms with Crippen molar-refractivity contribution in [3.63, 3.8) is 0 Å². The lowest BCUT2D eigenvalue weighted by atomic mass is 10.2. The third-order valence-corrected chi connectivity index (χ3v) is 3.09. The predicted molar refractivity (Wildman–Crippen MR) is 82.2 cm³/mol. The van der Waals surface area contributed by atoms with Crippen LogP contribution in [0.5, 0.6) is 0 Å². The summed E-state index contributed by atoms with van der Waals surface area (Å²) in [6.07, 6.45) is 4.86. The van der Waals surface area contributed by atoms with Crippen molar-refractivity contribution in [2.45, 2.75) is 33.4 Å². The number of carbonyl (C=O) groups excluding carboxylic acids is 1. The minimum atomic E-state index is -0.298. The molecule has 0 aliphatic heterocycles. The fourth-order valence-electron chi connectivity index (χ4n) is 2.10. The minimum Gasteiger partial charge on any atom is -0.462 e. The van der Waals surface area contributed by atoms with Crippen LogP contribution in [0.2, 0.25) is 0 Å². The normalized spacial score (nSPS) is 10.4. The van der Waals surface area contributed by atoms with Gasteiger partial charge in [0.2, 0.25) is 0 Å². The molecule has 1 N–H and O–H groups in total. The quantitative estimate of drug-likeness (QED) is 0.795. The molecule has 0 aliphatic carbocycles. The Labute approximate surface area is 125 Å². The number of nitrogens with zero attached hydrogens (tertiary/aromatic N) is 2. The maximum absolute atomic E-state index is 11.7. The van der Waals surface area contributed by atoms with Gasteiger partial charge in [-0.1, -0.05) is 13.0 Å². The van der Waals surface area contributed by atoms with Crippen molar-refractivity contribution in [1.29, 1.82) is 0 Å². The zero-order chi connectivity index (χ0) is 15.1. The van der Waals surface area contributed by atoms with Gasteiger partial charge < -0.3 is 14.6 Å². The van der Waals surface area contributed by atoms with Crippen LogP contribution in [0, 0.1) is 0 Å². The van der Waals surface area contributed by atoms with Gasteiger partial charge in [0.05, 0.1) is 18.7 Å². The third-order valence-electron chi connectivity index (χ3n) is 3.09. The Bertz CT molecular complexity index is 593. The monoisotopic (exact) mass is 287 g/mol. The van der Waals surface area contributed by atoms with Crippen LogP contribution in [0.1, 0.15) is 36.5 Å². The van der Waals surface area contributed by atoms with E-state index < -0.39 is 0 Å². The van der Waals surface area contributed by atoms with Gasteiger partial charge in [-0.15, -0.1) is 0 Å². The second-order valence-electron chi connectivity index (χ2n) is 4.69. The SMILES string of the molecule is CCCn1ccnc1CNc1cccc(C(=O)OCC)c1. The number of aryl methyl sites for hydroxylation is 1. The second kappa shape index (κ2) is 7.47. The molecule has 0 radical (unpaired) electrons. The first-order valence-electron chi connectivity index (χ1n) is 7.25. The summed E-state index contributed by atoms with van der Waals surface area (Å²) >= 11 is 0. The molecule has 1 aromatic carbocycles. The van der Waals surface area contributed by atoms with Crippen molar-refractivity contribution in [3.05, 3.63) is 48.0 Å². The van der Waals surface area contributed by atoms with Gasteiger partial charge in [-0.25, -0.2) is 9.78 Å². The average molecular weight is 287 g/mol. The van der Waals surface area contributed by atoms with Gasteiger partial charge >= 0.3 is 5.97 Å². The topological polar surface area (TPSA) is 56.2 Å². The van der Waals surface area contributed by atoms with E-state index in [1.54, 1.807) is 19.1 Å². The molecule has 0 fully saturated rings. The number of carbonyl (C=O) groups is 1. The molecule has 5 nitrogen and oxygen atoms in total. The Morgan fingerprint density at radius 3 is 3.00 bits per heavy atom. The van der Waals surface area contributed by atoms with Crippen LogP contribution in [0.25, 0.3) is 0 Å². The van der Waals surface area contributed by atoms with Crippen LogP contribution < -0.4 is 5.32 Å². The molecule has 0 saturated carbocycles. The van der Waals surface area contributed by atoms with Crippen molar-refractivity contribution in [2.75, 3.05) is 11.9 Å². The highest BCUT2D eigenvalue weighted by molar-refractivity contribution is 5.90. The standard InChI is InChI=1S/C16H21N3O2/c1-3-9-19-10-8-17-15(19)12-18-14-7-5-6-13(11-14)16(20)21-4-2/h5-8,10-11,18H,3-4,9,12H2,1-2H3. The maximum atomic E-state index is 11.7. The molecule has 0 aliphatic rings. The van der Waals surface area contributed by atoms with Gasteiger partial charge in [0.15, 0.2) is 0 Å². The Balaban J connectivity index is 2.01. The number of benzene rings is 1. The van der Waals surface area contributed by atoms with Crippen molar-refractivity contribution in [2.24, 2.45) is 0 Å². The Kier molecular flexibility index (Phi) is 5.37. The van der Waals surface area contributed by atoms with E-state index in [1.807, 2.05) is 24.5 Å². The third kappa shape index (κ3) is 4.08.